The molecule has 0 spiro atoms. The van der Waals surface area contributed by atoms with E-state index in [1.54, 1.807) is 0 Å². The first kappa shape index (κ1) is 19.5. The van der Waals surface area contributed by atoms with Gasteiger partial charge in [-0.15, -0.1) is 5.92 Å². The first-order valence-electron chi connectivity index (χ1n) is 11.5. The molecule has 0 aromatic carbocycles. The number of fused-ring (bicyclic) bond motifs is 5. The molecule has 2 nitrogen and oxygen atoms in total. The molecule has 4 rings (SSSR count). The molecule has 4 fully saturated rings. The second kappa shape index (κ2) is 7.22. The minimum absolute atomic E-state index is 0.187. The Morgan fingerprint density at radius 2 is 1.74 bits per heavy atom. The molecule has 0 saturated heterocycles. The van der Waals surface area contributed by atoms with Gasteiger partial charge in [0.1, 0.15) is 5.78 Å². The molecule has 150 valence electrons. The average Bonchev–Trinajstić information content (AvgIpc) is 2.99. The van der Waals surface area contributed by atoms with Crippen molar-refractivity contribution in [3.8, 4) is 11.8 Å². The molecule has 0 radical (unpaired) electrons. The fraction of sp³-hybridized carbons (Fsp3) is 0.880. The van der Waals surface area contributed by atoms with Crippen LogP contribution in [0.1, 0.15) is 85.0 Å². The van der Waals surface area contributed by atoms with E-state index in [-0.39, 0.29) is 12.0 Å². The lowest BCUT2D eigenvalue weighted by Gasteiger charge is -2.61. The first-order valence-corrected chi connectivity index (χ1v) is 11.5. The Morgan fingerprint density at radius 1 is 1.00 bits per heavy atom. The fourth-order valence-corrected chi connectivity index (χ4v) is 8.33. The molecule has 2 heteroatoms. The smallest absolute Gasteiger partial charge is 0.133 e. The quantitative estimate of drug-likeness (QED) is 0.675. The summed E-state index contributed by atoms with van der Waals surface area (Å²) in [6.45, 7) is 7.08. The van der Waals surface area contributed by atoms with Gasteiger partial charge in [-0.05, 0) is 99.2 Å². The third-order valence-electron chi connectivity index (χ3n) is 9.70. The Bertz CT molecular complexity index is 642. The van der Waals surface area contributed by atoms with Crippen LogP contribution in [0.4, 0.5) is 0 Å². The maximum Gasteiger partial charge on any atom is 0.133 e. The molecule has 0 bridgehead atoms. The van der Waals surface area contributed by atoms with Gasteiger partial charge in [0.2, 0.25) is 0 Å². The van der Waals surface area contributed by atoms with Gasteiger partial charge in [0.15, 0.2) is 0 Å². The predicted molar refractivity (Wildman–Crippen MR) is 109 cm³/mol. The van der Waals surface area contributed by atoms with Crippen LogP contribution in [0.5, 0.6) is 0 Å². The lowest BCUT2D eigenvalue weighted by atomic mass is 9.44. The van der Waals surface area contributed by atoms with Crippen molar-refractivity contribution >= 4 is 5.78 Å². The molecule has 0 aromatic heterocycles. The molecule has 0 aromatic rings. The highest BCUT2D eigenvalue weighted by molar-refractivity contribution is 5.79. The van der Waals surface area contributed by atoms with Crippen LogP contribution < -0.4 is 0 Å². The highest BCUT2D eigenvalue weighted by Crippen LogP contribution is 2.67. The van der Waals surface area contributed by atoms with E-state index in [1.165, 1.54) is 51.4 Å². The predicted octanol–water partition coefficient (Wildman–Crippen LogP) is 5.24. The molecule has 4 aliphatic carbocycles. The van der Waals surface area contributed by atoms with Crippen molar-refractivity contribution in [2.75, 3.05) is 6.61 Å². The largest absolute Gasteiger partial charge is 0.395 e. The van der Waals surface area contributed by atoms with Gasteiger partial charge >= 0.3 is 0 Å². The molecular weight excluding hydrogens is 332 g/mol. The van der Waals surface area contributed by atoms with E-state index in [2.05, 4.69) is 25.7 Å². The zero-order valence-electron chi connectivity index (χ0n) is 17.6. The number of carbonyl (C=O) groups is 1. The first-order chi connectivity index (χ1) is 12.9. The Morgan fingerprint density at radius 3 is 2.48 bits per heavy atom. The molecular formula is C25H38O2. The Hall–Kier alpha value is -0.810. The third-order valence-corrected chi connectivity index (χ3v) is 9.70. The monoisotopic (exact) mass is 370 g/mol. The molecule has 8 atom stereocenters. The Kier molecular flexibility index (Phi) is 5.21. The molecule has 4 aliphatic rings. The SMILES string of the molecule is CC(=O)[C@H]1CC[C@H]2[C@@H]3CC[C@H]4CC(C#CCCO)CC[C@]4(C)[C@H]3CC[C@]12C. The highest BCUT2D eigenvalue weighted by Gasteiger charge is 2.60. The van der Waals surface area contributed by atoms with Gasteiger partial charge in [-0.25, -0.2) is 0 Å². The van der Waals surface area contributed by atoms with Crippen LogP contribution in [0.3, 0.4) is 0 Å². The zero-order chi connectivity index (χ0) is 19.2. The maximum absolute atomic E-state index is 12.3. The normalized spacial score (nSPS) is 48.6. The second-order valence-corrected chi connectivity index (χ2v) is 10.7. The second-order valence-electron chi connectivity index (χ2n) is 10.7. The van der Waals surface area contributed by atoms with Crippen molar-refractivity contribution in [2.45, 2.75) is 85.0 Å². The number of hydrogen-bond acceptors (Lipinski definition) is 2. The lowest BCUT2D eigenvalue weighted by molar-refractivity contribution is -0.134. The van der Waals surface area contributed by atoms with Gasteiger partial charge in [0, 0.05) is 18.3 Å². The Balaban J connectivity index is 1.51. The molecule has 1 N–H and O–H groups in total. The zero-order valence-corrected chi connectivity index (χ0v) is 17.6. The van der Waals surface area contributed by atoms with Crippen LogP contribution in [-0.2, 0) is 4.79 Å². The summed E-state index contributed by atoms with van der Waals surface area (Å²) in [4.78, 5) is 12.3. The van der Waals surface area contributed by atoms with Crippen LogP contribution >= 0.6 is 0 Å². The number of aliphatic hydroxyl groups is 1. The van der Waals surface area contributed by atoms with Gasteiger partial charge in [-0.3, -0.25) is 4.79 Å². The number of aliphatic hydroxyl groups excluding tert-OH is 1. The van der Waals surface area contributed by atoms with E-state index < -0.39 is 0 Å². The van der Waals surface area contributed by atoms with Crippen molar-refractivity contribution in [3.05, 3.63) is 0 Å². The van der Waals surface area contributed by atoms with E-state index in [9.17, 15) is 4.79 Å². The van der Waals surface area contributed by atoms with Gasteiger partial charge < -0.3 is 5.11 Å². The van der Waals surface area contributed by atoms with E-state index in [0.717, 1.165) is 30.1 Å². The van der Waals surface area contributed by atoms with Gasteiger partial charge in [0.25, 0.3) is 0 Å². The van der Waals surface area contributed by atoms with Crippen LogP contribution in [0, 0.1) is 58.2 Å². The van der Waals surface area contributed by atoms with Gasteiger partial charge in [-0.2, -0.15) is 0 Å². The van der Waals surface area contributed by atoms with Crippen LogP contribution in [-0.4, -0.2) is 17.5 Å². The number of hydrogen-bond donors (Lipinski definition) is 1. The molecule has 0 aliphatic heterocycles. The fourth-order valence-electron chi connectivity index (χ4n) is 8.33. The van der Waals surface area contributed by atoms with E-state index >= 15 is 0 Å². The minimum Gasteiger partial charge on any atom is -0.395 e. The summed E-state index contributed by atoms with van der Waals surface area (Å²) in [6.07, 6.45) is 12.3. The van der Waals surface area contributed by atoms with Crippen LogP contribution in [0.2, 0.25) is 0 Å². The lowest BCUT2D eigenvalue weighted by Crippen LogP contribution is -2.53. The maximum atomic E-state index is 12.3. The molecule has 0 amide bonds. The van der Waals surface area contributed by atoms with Crippen molar-refractivity contribution in [1.29, 1.82) is 0 Å². The van der Waals surface area contributed by atoms with Crippen molar-refractivity contribution < 1.29 is 9.90 Å². The van der Waals surface area contributed by atoms with Crippen molar-refractivity contribution in [3.63, 3.8) is 0 Å². The summed E-state index contributed by atoms with van der Waals surface area (Å²) < 4.78 is 0. The van der Waals surface area contributed by atoms with E-state index in [1.807, 2.05) is 6.92 Å². The summed E-state index contributed by atoms with van der Waals surface area (Å²) in [5.74, 6) is 11.3. The summed E-state index contributed by atoms with van der Waals surface area (Å²) in [6, 6.07) is 0. The van der Waals surface area contributed by atoms with Crippen molar-refractivity contribution in [2.24, 2.45) is 46.3 Å². The molecule has 4 saturated carbocycles. The molecule has 1 unspecified atom stereocenters. The number of Topliss-reactive ketones (excluding diaryl/α,β-unsaturated/α-hetero) is 1. The molecule has 27 heavy (non-hydrogen) atoms. The summed E-state index contributed by atoms with van der Waals surface area (Å²) in [5, 5.41) is 8.98. The number of carbonyl (C=O) groups excluding carboxylic acids is 1. The highest BCUT2D eigenvalue weighted by atomic mass is 16.2. The minimum atomic E-state index is 0.187. The third kappa shape index (κ3) is 3.09. The van der Waals surface area contributed by atoms with E-state index in [4.69, 9.17) is 5.11 Å². The van der Waals surface area contributed by atoms with Crippen molar-refractivity contribution in [1.82, 2.24) is 0 Å². The number of ketones is 1. The summed E-state index contributed by atoms with van der Waals surface area (Å²) >= 11 is 0. The Labute approximate surface area is 165 Å². The topological polar surface area (TPSA) is 37.3 Å². The number of rotatable bonds is 2. The average molecular weight is 371 g/mol. The standard InChI is InChI=1S/C25H38O2/c1-17(27)21-9-10-22-20-8-7-19-16-18(6-4-5-15-26)11-13-24(19,2)23(20)12-14-25(21,22)3/h18-23,26H,5,7-16H2,1-3H3/t18?,19-,20-,21+,22-,23-,24-,25+/m0/s1. The van der Waals surface area contributed by atoms with E-state index in [0.29, 0.717) is 29.5 Å². The van der Waals surface area contributed by atoms with Gasteiger partial charge in [0.05, 0.1) is 6.61 Å². The van der Waals surface area contributed by atoms with Crippen LogP contribution in [0.25, 0.3) is 0 Å². The summed E-state index contributed by atoms with van der Waals surface area (Å²) in [7, 11) is 0. The summed E-state index contributed by atoms with van der Waals surface area (Å²) in [5.41, 5.74) is 0.775. The van der Waals surface area contributed by atoms with Gasteiger partial charge in [-0.1, -0.05) is 19.8 Å². The molecule has 0 heterocycles. The van der Waals surface area contributed by atoms with Crippen LogP contribution in [0.15, 0.2) is 0 Å².